The van der Waals surface area contributed by atoms with E-state index in [2.05, 4.69) is 31.9 Å². The Morgan fingerprint density at radius 2 is 1.29 bits per heavy atom. The molecule has 1 heterocycles. The number of nitrogens with one attached hydrogen (secondary N) is 6. The topological polar surface area (TPSA) is 466 Å². The van der Waals surface area contributed by atoms with E-state index in [9.17, 15) is 72.9 Å². The molecule has 1 unspecified atom stereocenters. The van der Waals surface area contributed by atoms with Gasteiger partial charge in [0.1, 0.15) is 54.7 Å². The van der Waals surface area contributed by atoms with Gasteiger partial charge in [-0.2, -0.15) is 0 Å². The first kappa shape index (κ1) is 82.2. The molecule has 6 amide bonds. The van der Waals surface area contributed by atoms with Gasteiger partial charge in [-0.05, 0) is 105 Å². The Morgan fingerprint density at radius 3 is 1.86 bits per heavy atom. The number of nitrogens with two attached hydrogens (primary N) is 1. The molecule has 12 N–H and O–H groups in total. The molecule has 1 saturated heterocycles. The number of carbonyl (C=O) groups is 13. The third kappa shape index (κ3) is 19.0. The van der Waals surface area contributed by atoms with Gasteiger partial charge in [-0.25, -0.2) is 14.4 Å². The van der Waals surface area contributed by atoms with Crippen molar-refractivity contribution in [3.8, 4) is 0 Å². The van der Waals surface area contributed by atoms with Crippen molar-refractivity contribution in [2.75, 3.05) is 18.5 Å². The first-order valence-corrected chi connectivity index (χ1v) is 35.0. The second kappa shape index (κ2) is 34.8. The summed E-state index contributed by atoms with van der Waals surface area (Å²) < 4.78 is 43.2. The molecule has 8 rings (SSSR count). The average molecular weight is 1490 g/mol. The van der Waals surface area contributed by atoms with Crippen LogP contribution < -0.4 is 37.6 Å². The lowest BCUT2D eigenvalue weighted by atomic mass is 9.44. The summed E-state index contributed by atoms with van der Waals surface area (Å²) in [4.78, 5) is 179. The molecule has 107 heavy (non-hydrogen) atoms. The van der Waals surface area contributed by atoms with Crippen molar-refractivity contribution in [3.05, 3.63) is 149 Å². The molecule has 2 saturated carbocycles. The summed E-state index contributed by atoms with van der Waals surface area (Å²) in [6.45, 7) is 13.0. The molecule has 4 aromatic rings. The van der Waals surface area contributed by atoms with Crippen LogP contribution in [0.25, 0.3) is 0 Å². The molecule has 2 bridgehead atoms. The Morgan fingerprint density at radius 1 is 0.692 bits per heavy atom. The maximum Gasteiger partial charge on any atom is 0.508 e. The summed E-state index contributed by atoms with van der Waals surface area (Å²) in [6, 6.07) is 22.8. The number of Topliss-reactive ketones (excluding diaryl/α,β-unsaturated/α-hetero) is 1. The van der Waals surface area contributed by atoms with Crippen molar-refractivity contribution in [1.29, 1.82) is 0 Å². The molecule has 31 nitrogen and oxygen atoms in total. The third-order valence-electron chi connectivity index (χ3n) is 20.1. The molecule has 16 atom stereocenters. The number of aliphatic hydroxyl groups excluding tert-OH is 2. The minimum Gasteiger partial charge on any atom is -0.481 e. The zero-order valence-corrected chi connectivity index (χ0v) is 60.9. The second-order valence-corrected chi connectivity index (χ2v) is 28.5. The van der Waals surface area contributed by atoms with E-state index in [1.54, 1.807) is 68.4 Å². The number of ketones is 1. The molecule has 0 aromatic heterocycles. The van der Waals surface area contributed by atoms with Gasteiger partial charge in [0.25, 0.3) is 5.91 Å². The van der Waals surface area contributed by atoms with Crippen LogP contribution in [0, 0.1) is 22.7 Å². The number of aliphatic hydroxyl groups is 3. The van der Waals surface area contributed by atoms with E-state index < -0.39 is 211 Å². The van der Waals surface area contributed by atoms with E-state index in [0.29, 0.717) is 5.56 Å². The number of primary amides is 1. The number of anilines is 1. The molecular weight excluding hydrogens is 1390 g/mol. The number of amides is 6. The van der Waals surface area contributed by atoms with Crippen molar-refractivity contribution < 1.29 is 116 Å². The lowest BCUT2D eigenvalue weighted by molar-refractivity contribution is -0.346. The predicted octanol–water partition coefficient (Wildman–Crippen LogP) is 3.63. The molecular formula is C76H93N7O24. The van der Waals surface area contributed by atoms with Crippen molar-refractivity contribution in [2.45, 2.75) is 199 Å². The maximum absolute atomic E-state index is 16.5. The monoisotopic (exact) mass is 1490 g/mol. The number of esters is 4. The Hall–Kier alpha value is -10.5. The smallest absolute Gasteiger partial charge is 0.481 e. The van der Waals surface area contributed by atoms with E-state index in [1.165, 1.54) is 102 Å². The highest BCUT2D eigenvalue weighted by molar-refractivity contribution is 6.01. The number of carboxylic acids is 1. The summed E-state index contributed by atoms with van der Waals surface area (Å²) in [5.41, 5.74) is -2.57. The fourth-order valence-corrected chi connectivity index (χ4v) is 14.4. The Kier molecular flexibility index (Phi) is 26.8. The predicted molar refractivity (Wildman–Crippen MR) is 377 cm³/mol. The van der Waals surface area contributed by atoms with E-state index >= 15 is 4.79 Å². The van der Waals surface area contributed by atoms with Gasteiger partial charge in [0.05, 0.1) is 48.1 Å². The van der Waals surface area contributed by atoms with Crippen LogP contribution in [0.2, 0.25) is 0 Å². The molecule has 4 aromatic carbocycles. The highest BCUT2D eigenvalue weighted by Gasteiger charge is 2.79. The van der Waals surface area contributed by atoms with Gasteiger partial charge in [-0.1, -0.05) is 107 Å². The summed E-state index contributed by atoms with van der Waals surface area (Å²) in [7, 11) is 0. The quantitative estimate of drug-likeness (QED) is 0.0195. The number of ether oxygens (including phenoxy) is 7. The van der Waals surface area contributed by atoms with Crippen molar-refractivity contribution in [3.63, 3.8) is 0 Å². The van der Waals surface area contributed by atoms with Gasteiger partial charge in [-0.3, -0.25) is 47.9 Å². The molecule has 31 heteroatoms. The molecule has 4 aliphatic rings. The zero-order chi connectivity index (χ0) is 78.6. The number of aliphatic carboxylic acids is 1. The SMILES string of the molecule is CC(=O)O[C@H]1C(=O)[C@@]2(C)C([C@H](OC(=O)c3ccccc3)[C@]3(O)C[C@H](OC(=O)[C@H](O)[C@@H](NC(=O)c4ccccc4)c4ccccc4)C(C)=C1C3(C)C)[C@]1(OC(C)=O)CO[C@@H]1C[C@@H]2OC(=O)OCc1ccc(NC(=O)[C@@H](CC(C)C)NC(=O)[C@@H](CC(N)=O)NC(=O)[C@@H](C)NC(=O)[C@@H](C)NC[C@@H](O)CCC(=O)O)cc1. The normalized spacial score (nSPS) is 24.6. The Labute approximate surface area is 617 Å². The minimum absolute atomic E-state index is 0.0409. The summed E-state index contributed by atoms with van der Waals surface area (Å²) in [5.74, 6) is -13.4. The largest absolute Gasteiger partial charge is 0.508 e. The van der Waals surface area contributed by atoms with Crippen LogP contribution in [0.4, 0.5) is 10.5 Å². The molecule has 3 fully saturated rings. The fraction of sp³-hybridized carbons (Fsp3) is 0.487. The molecule has 576 valence electrons. The Balaban J connectivity index is 1.05. The highest BCUT2D eigenvalue weighted by Crippen LogP contribution is 2.65. The lowest BCUT2D eigenvalue weighted by Gasteiger charge is -2.67. The van der Waals surface area contributed by atoms with E-state index in [4.69, 9.17) is 44.0 Å². The summed E-state index contributed by atoms with van der Waals surface area (Å²) in [6.07, 6.45) is -15.6. The van der Waals surface area contributed by atoms with Gasteiger partial charge in [0.15, 0.2) is 23.6 Å². The van der Waals surface area contributed by atoms with E-state index in [0.717, 1.165) is 13.8 Å². The maximum atomic E-state index is 16.5. The molecule has 3 aliphatic carbocycles. The van der Waals surface area contributed by atoms with Crippen LogP contribution in [-0.2, 0) is 87.7 Å². The van der Waals surface area contributed by atoms with Crippen molar-refractivity contribution >= 4 is 82.9 Å². The number of carboxylic acid groups (broad SMARTS) is 1. The van der Waals surface area contributed by atoms with Crippen LogP contribution in [0.3, 0.4) is 0 Å². The van der Waals surface area contributed by atoms with Crippen LogP contribution in [0.15, 0.2) is 126 Å². The van der Waals surface area contributed by atoms with Gasteiger partial charge < -0.3 is 91.2 Å². The zero-order valence-electron chi connectivity index (χ0n) is 60.9. The standard InChI is InChI=1S/C76H93N7O24/c1-39(2)32-51(82-69(96)52(33-56(77)87)81-66(93)42(5)79-65(92)41(4)78-36-50(86)30-31-57(88)89)68(95)80-49-28-26-45(27-29-49)37-101-72(99)105-54-34-55-75(38-102-55,107-44(7)85)62-64(106-70(97)48-24-18-13-19-25-48)76(100)35-53(40(3)58(73(76,8)9)61(103-43(6)84)63(91)74(54,62)10)104-71(98)60(90)59(46-20-14-11-15-21-46)83-67(94)47-22-16-12-17-23-47/h11-29,39,41-42,50-55,59-62,64,78,86,90,100H,30-38H2,1-10H3,(H2,77,87)(H,79,92)(H,80,95)(H,81,93)(H,82,96)(H,83,94)(H,88,89)/t41-,42-,50+,51-,52-,53+,54+,55-,59+,60-,61-,62?,64+,74-,75+,76-/m1/s1. The van der Waals surface area contributed by atoms with Crippen LogP contribution in [-0.4, -0.2) is 189 Å². The number of fused-ring (bicyclic) bond motifs is 5. The summed E-state index contributed by atoms with van der Waals surface area (Å²) >= 11 is 0. The van der Waals surface area contributed by atoms with E-state index in [1.807, 2.05) is 0 Å². The van der Waals surface area contributed by atoms with Gasteiger partial charge in [0.2, 0.25) is 29.5 Å². The average Bonchev–Trinajstić information content (AvgIpc) is 0.667. The number of rotatable bonds is 31. The van der Waals surface area contributed by atoms with Gasteiger partial charge >= 0.3 is 36.0 Å². The van der Waals surface area contributed by atoms with Crippen LogP contribution in [0.5, 0.6) is 0 Å². The van der Waals surface area contributed by atoms with Gasteiger partial charge in [0, 0.05) is 56.3 Å². The molecule has 0 spiro atoms. The Bertz CT molecular complexity index is 4010. The van der Waals surface area contributed by atoms with Crippen LogP contribution in [0.1, 0.15) is 146 Å². The minimum atomic E-state index is -2.62. The lowest BCUT2D eigenvalue weighted by Crippen LogP contribution is -2.82. The number of hydrogen-bond acceptors (Lipinski definition) is 24. The number of carbonyl (C=O) groups excluding carboxylic acids is 12. The van der Waals surface area contributed by atoms with Crippen molar-refractivity contribution in [2.24, 2.45) is 28.4 Å². The fourth-order valence-electron chi connectivity index (χ4n) is 14.4. The second-order valence-electron chi connectivity index (χ2n) is 28.5. The van der Waals surface area contributed by atoms with E-state index in [-0.39, 0.29) is 65.2 Å². The molecule has 1 aliphatic heterocycles. The number of hydrogen-bond donors (Lipinski definition) is 11. The molecule has 0 radical (unpaired) electrons. The summed E-state index contributed by atoms with van der Waals surface area (Å²) in [5, 5.41) is 60.9. The van der Waals surface area contributed by atoms with Crippen molar-refractivity contribution in [1.82, 2.24) is 26.6 Å². The number of benzene rings is 4. The first-order valence-electron chi connectivity index (χ1n) is 35.0. The third-order valence-corrected chi connectivity index (χ3v) is 20.1. The van der Waals surface area contributed by atoms with Crippen LogP contribution >= 0.6 is 0 Å². The first-order chi connectivity index (χ1) is 50.4. The van der Waals surface area contributed by atoms with Gasteiger partial charge in [-0.15, -0.1) is 0 Å². The highest BCUT2D eigenvalue weighted by atomic mass is 16.7.